The number of rotatable bonds is 6. The van der Waals surface area contributed by atoms with Crippen molar-refractivity contribution < 1.29 is 4.79 Å². The molecule has 6 nitrogen and oxygen atoms in total. The second-order valence-corrected chi connectivity index (χ2v) is 6.95. The minimum absolute atomic E-state index is 0.0123. The number of fused-ring (bicyclic) bond motifs is 2. The molecule has 0 bridgehead atoms. The maximum atomic E-state index is 12.3. The van der Waals surface area contributed by atoms with Gasteiger partial charge in [0.1, 0.15) is 0 Å². The number of carbonyl (C=O) groups is 1. The Kier molecular flexibility index (Phi) is 4.53. The Morgan fingerprint density at radius 3 is 2.58 bits per heavy atom. The highest BCUT2D eigenvalue weighted by Gasteiger charge is 2.11. The molecule has 4 aromatic rings. The van der Waals surface area contributed by atoms with Crippen molar-refractivity contribution in [1.82, 2.24) is 19.9 Å². The molecule has 4 rings (SSSR count). The van der Waals surface area contributed by atoms with E-state index in [1.54, 1.807) is 6.07 Å². The maximum Gasteiger partial charge on any atom is 0.259 e. The average Bonchev–Trinajstić information content (AvgIpc) is 3.09. The van der Waals surface area contributed by atoms with Crippen molar-refractivity contribution in [3.8, 4) is 0 Å². The van der Waals surface area contributed by atoms with Gasteiger partial charge in [-0.25, -0.2) is 9.97 Å². The lowest BCUT2D eigenvalue weighted by atomic mass is 10.2. The predicted molar refractivity (Wildman–Crippen MR) is 103 cm³/mol. The van der Waals surface area contributed by atoms with Gasteiger partial charge in [0.15, 0.2) is 16.8 Å². The largest absolute Gasteiger partial charge is 0.335 e. The number of H-pyrrole nitrogens is 2. The standard InChI is InChI=1S/C19H16N4O2S/c24-16(17-20-14-8-3-4-9-15(14)21-17)10-5-11-26-19-22-13-7-2-1-6-12(13)18(25)23-19/h1-4,6-9H,5,10-11H2,(H,20,21)(H,22,23,25). The lowest BCUT2D eigenvalue weighted by Gasteiger charge is -2.02. The van der Waals surface area contributed by atoms with E-state index in [9.17, 15) is 9.59 Å². The van der Waals surface area contributed by atoms with Gasteiger partial charge >= 0.3 is 0 Å². The first-order valence-electron chi connectivity index (χ1n) is 8.30. The van der Waals surface area contributed by atoms with Gasteiger partial charge in [-0.2, -0.15) is 0 Å². The Morgan fingerprint density at radius 2 is 1.73 bits per heavy atom. The van der Waals surface area contributed by atoms with Gasteiger partial charge in [0.25, 0.3) is 5.56 Å². The quantitative estimate of drug-likeness (QED) is 0.236. The number of thioether (sulfide) groups is 1. The minimum atomic E-state index is -0.142. The zero-order valence-electron chi connectivity index (χ0n) is 13.9. The van der Waals surface area contributed by atoms with E-state index >= 15 is 0 Å². The molecule has 0 fully saturated rings. The molecule has 130 valence electrons. The van der Waals surface area contributed by atoms with E-state index in [1.807, 2.05) is 42.5 Å². The highest BCUT2D eigenvalue weighted by molar-refractivity contribution is 7.99. The highest BCUT2D eigenvalue weighted by Crippen LogP contribution is 2.17. The van der Waals surface area contributed by atoms with Crippen LogP contribution < -0.4 is 5.56 Å². The van der Waals surface area contributed by atoms with Crippen LogP contribution in [0, 0.1) is 0 Å². The second-order valence-electron chi connectivity index (χ2n) is 5.87. The van der Waals surface area contributed by atoms with Crippen molar-refractivity contribution >= 4 is 39.5 Å². The Morgan fingerprint density at radius 1 is 0.962 bits per heavy atom. The number of nitrogens with one attached hydrogen (secondary N) is 2. The molecule has 26 heavy (non-hydrogen) atoms. The minimum Gasteiger partial charge on any atom is -0.335 e. The van der Waals surface area contributed by atoms with Crippen molar-refractivity contribution in [3.63, 3.8) is 0 Å². The summed E-state index contributed by atoms with van der Waals surface area (Å²) in [7, 11) is 0. The molecular weight excluding hydrogens is 348 g/mol. The first kappa shape index (κ1) is 16.5. The molecule has 0 aliphatic carbocycles. The molecule has 0 atom stereocenters. The summed E-state index contributed by atoms with van der Waals surface area (Å²) in [5.74, 6) is 1.07. The normalized spacial score (nSPS) is 11.2. The van der Waals surface area contributed by atoms with Gasteiger partial charge in [-0.3, -0.25) is 9.59 Å². The van der Waals surface area contributed by atoms with Crippen LogP contribution in [0.5, 0.6) is 0 Å². The summed E-state index contributed by atoms with van der Waals surface area (Å²) in [5, 5.41) is 1.15. The number of imidazole rings is 1. The molecule has 0 unspecified atom stereocenters. The smallest absolute Gasteiger partial charge is 0.259 e. The van der Waals surface area contributed by atoms with Crippen LogP contribution in [-0.4, -0.2) is 31.5 Å². The second kappa shape index (κ2) is 7.13. The zero-order valence-corrected chi connectivity index (χ0v) is 14.7. The summed E-state index contributed by atoms with van der Waals surface area (Å²) in [6.45, 7) is 0. The Labute approximate surface area is 153 Å². The van der Waals surface area contributed by atoms with Crippen LogP contribution in [0.25, 0.3) is 21.9 Å². The Bertz CT molecular complexity index is 1120. The van der Waals surface area contributed by atoms with E-state index in [4.69, 9.17) is 0 Å². The summed E-state index contributed by atoms with van der Waals surface area (Å²) in [4.78, 5) is 38.9. The number of nitrogens with zero attached hydrogens (tertiary/aromatic N) is 2. The molecule has 7 heteroatoms. The van der Waals surface area contributed by atoms with Crippen LogP contribution in [-0.2, 0) is 0 Å². The molecule has 0 spiro atoms. The van der Waals surface area contributed by atoms with E-state index in [-0.39, 0.29) is 11.3 Å². The van der Waals surface area contributed by atoms with E-state index in [2.05, 4.69) is 19.9 Å². The first-order chi connectivity index (χ1) is 12.7. The number of hydrogen-bond acceptors (Lipinski definition) is 5. The van der Waals surface area contributed by atoms with Gasteiger partial charge in [-0.1, -0.05) is 36.0 Å². The number of para-hydroxylation sites is 3. The summed E-state index contributed by atoms with van der Waals surface area (Å²) >= 11 is 1.44. The van der Waals surface area contributed by atoms with Gasteiger partial charge in [0.05, 0.1) is 21.9 Å². The number of aromatic amines is 2. The van der Waals surface area contributed by atoms with Crippen molar-refractivity contribution in [3.05, 3.63) is 64.7 Å². The number of aromatic nitrogens is 4. The van der Waals surface area contributed by atoms with E-state index in [0.29, 0.717) is 40.5 Å². The SMILES string of the molecule is O=C(CCCSc1nc2ccccc2c(=O)[nH]1)c1nc2ccccc2[nH]1. The third-order valence-electron chi connectivity index (χ3n) is 4.03. The summed E-state index contributed by atoms with van der Waals surface area (Å²) in [6.07, 6.45) is 1.07. The molecule has 2 aromatic heterocycles. The maximum absolute atomic E-state index is 12.3. The highest BCUT2D eigenvalue weighted by atomic mass is 32.2. The van der Waals surface area contributed by atoms with Crippen LogP contribution in [0.1, 0.15) is 23.5 Å². The third-order valence-corrected chi connectivity index (χ3v) is 4.99. The molecule has 0 amide bonds. The molecule has 2 heterocycles. The molecule has 0 aliphatic rings. The fourth-order valence-corrected chi connectivity index (χ4v) is 3.55. The lowest BCUT2D eigenvalue weighted by Crippen LogP contribution is -2.09. The summed E-state index contributed by atoms with van der Waals surface area (Å²) in [6, 6.07) is 14.8. The molecule has 2 N–H and O–H groups in total. The van der Waals surface area contributed by atoms with E-state index in [0.717, 1.165) is 11.0 Å². The van der Waals surface area contributed by atoms with Gasteiger partial charge in [-0.05, 0) is 30.7 Å². The van der Waals surface area contributed by atoms with Gasteiger partial charge in [-0.15, -0.1) is 0 Å². The summed E-state index contributed by atoms with van der Waals surface area (Å²) in [5.41, 5.74) is 2.19. The average molecular weight is 364 g/mol. The number of hydrogen-bond donors (Lipinski definition) is 2. The van der Waals surface area contributed by atoms with Crippen LogP contribution in [0.3, 0.4) is 0 Å². The lowest BCUT2D eigenvalue weighted by molar-refractivity contribution is 0.0973. The van der Waals surface area contributed by atoms with Gasteiger partial charge in [0.2, 0.25) is 0 Å². The monoisotopic (exact) mass is 364 g/mol. The first-order valence-corrected chi connectivity index (χ1v) is 9.29. The molecular formula is C19H16N4O2S. The Hall–Kier alpha value is -2.93. The molecule has 0 saturated heterocycles. The van der Waals surface area contributed by atoms with Crippen molar-refractivity contribution in [2.24, 2.45) is 0 Å². The van der Waals surface area contributed by atoms with Crippen molar-refractivity contribution in [2.75, 3.05) is 5.75 Å². The van der Waals surface area contributed by atoms with Crippen LogP contribution >= 0.6 is 11.8 Å². The number of ketones is 1. The molecule has 0 aliphatic heterocycles. The Balaban J connectivity index is 1.36. The molecule has 0 radical (unpaired) electrons. The van der Waals surface area contributed by atoms with Crippen LogP contribution in [0.4, 0.5) is 0 Å². The fourth-order valence-electron chi connectivity index (χ4n) is 2.74. The van der Waals surface area contributed by atoms with Gasteiger partial charge < -0.3 is 9.97 Å². The van der Waals surface area contributed by atoms with E-state index in [1.165, 1.54) is 11.8 Å². The predicted octanol–water partition coefficient (Wildman–Crippen LogP) is 3.55. The fraction of sp³-hybridized carbons (Fsp3) is 0.158. The van der Waals surface area contributed by atoms with Crippen molar-refractivity contribution in [1.29, 1.82) is 0 Å². The number of Topliss-reactive ketones (excluding diaryl/α,β-unsaturated/α-hetero) is 1. The topological polar surface area (TPSA) is 91.5 Å². The zero-order chi connectivity index (χ0) is 17.9. The summed E-state index contributed by atoms with van der Waals surface area (Å²) < 4.78 is 0. The van der Waals surface area contributed by atoms with E-state index < -0.39 is 0 Å². The molecule has 2 aromatic carbocycles. The van der Waals surface area contributed by atoms with Gasteiger partial charge in [0, 0.05) is 12.2 Å². The third kappa shape index (κ3) is 3.39. The number of benzene rings is 2. The van der Waals surface area contributed by atoms with Crippen molar-refractivity contribution in [2.45, 2.75) is 18.0 Å². The van der Waals surface area contributed by atoms with Crippen LogP contribution in [0.2, 0.25) is 0 Å². The number of carbonyl (C=O) groups excluding carboxylic acids is 1. The van der Waals surface area contributed by atoms with Crippen LogP contribution in [0.15, 0.2) is 58.5 Å². The molecule has 0 saturated carbocycles.